The quantitative estimate of drug-likeness (QED) is 0.739. The third-order valence-corrected chi connectivity index (χ3v) is 4.90. The van der Waals surface area contributed by atoms with Gasteiger partial charge in [0.2, 0.25) is 5.91 Å². The van der Waals surface area contributed by atoms with Crippen LogP contribution in [0.5, 0.6) is 5.75 Å². The summed E-state index contributed by atoms with van der Waals surface area (Å²) < 4.78 is 18.9. The van der Waals surface area contributed by atoms with Crippen molar-refractivity contribution in [3.63, 3.8) is 0 Å². The summed E-state index contributed by atoms with van der Waals surface area (Å²) in [5, 5.41) is 2.89. The first kappa shape index (κ1) is 20.0. The van der Waals surface area contributed by atoms with Crippen molar-refractivity contribution in [2.45, 2.75) is 19.8 Å². The molecule has 1 fully saturated rings. The summed E-state index contributed by atoms with van der Waals surface area (Å²) in [5.74, 6) is 0.00105. The summed E-state index contributed by atoms with van der Waals surface area (Å²) in [6.45, 7) is 4.01. The van der Waals surface area contributed by atoms with Crippen molar-refractivity contribution in [2.24, 2.45) is 5.92 Å². The number of piperidine rings is 1. The Hall–Kier alpha value is -2.73. The SMILES string of the molecule is CCOc1ccccc1NC(=O)CN1CCC(C(=O)c2cccc(F)c2)CC1. The molecule has 2 aromatic carbocycles. The van der Waals surface area contributed by atoms with Crippen LogP contribution in [-0.4, -0.2) is 42.8 Å². The highest BCUT2D eigenvalue weighted by Gasteiger charge is 2.27. The van der Waals surface area contributed by atoms with Gasteiger partial charge in [0.05, 0.1) is 18.8 Å². The van der Waals surface area contributed by atoms with E-state index < -0.39 is 5.82 Å². The average Bonchev–Trinajstić information content (AvgIpc) is 2.70. The number of benzene rings is 2. The van der Waals surface area contributed by atoms with E-state index >= 15 is 0 Å². The van der Waals surface area contributed by atoms with Crippen molar-refractivity contribution in [3.05, 3.63) is 59.9 Å². The van der Waals surface area contributed by atoms with Crippen LogP contribution in [0.4, 0.5) is 10.1 Å². The van der Waals surface area contributed by atoms with Crippen molar-refractivity contribution in [3.8, 4) is 5.75 Å². The minimum atomic E-state index is -0.396. The first-order chi connectivity index (χ1) is 13.6. The van der Waals surface area contributed by atoms with Crippen molar-refractivity contribution in [1.29, 1.82) is 0 Å². The minimum absolute atomic E-state index is 0.0192. The molecule has 1 N–H and O–H groups in total. The lowest BCUT2D eigenvalue weighted by Crippen LogP contribution is -2.40. The van der Waals surface area contributed by atoms with Gasteiger partial charge in [-0.3, -0.25) is 14.5 Å². The predicted octanol–water partition coefficient (Wildman–Crippen LogP) is 3.76. The summed E-state index contributed by atoms with van der Waals surface area (Å²) in [6, 6.07) is 13.2. The van der Waals surface area contributed by atoms with Gasteiger partial charge in [0.15, 0.2) is 5.78 Å². The Morgan fingerprint density at radius 2 is 1.89 bits per heavy atom. The van der Waals surface area contributed by atoms with Crippen LogP contribution in [0, 0.1) is 11.7 Å². The zero-order valence-electron chi connectivity index (χ0n) is 16.0. The fourth-order valence-electron chi connectivity index (χ4n) is 3.47. The number of nitrogens with one attached hydrogen (secondary N) is 1. The summed E-state index contributed by atoms with van der Waals surface area (Å²) in [4.78, 5) is 27.0. The van der Waals surface area contributed by atoms with Crippen LogP contribution in [0.15, 0.2) is 48.5 Å². The Morgan fingerprint density at radius 3 is 2.61 bits per heavy atom. The second-order valence-electron chi connectivity index (χ2n) is 6.90. The average molecular weight is 384 g/mol. The van der Waals surface area contributed by atoms with Crippen LogP contribution in [0.1, 0.15) is 30.1 Å². The molecule has 0 radical (unpaired) electrons. The molecule has 0 spiro atoms. The van der Waals surface area contributed by atoms with Crippen LogP contribution in [0.3, 0.4) is 0 Å². The minimum Gasteiger partial charge on any atom is -0.492 e. The van der Waals surface area contributed by atoms with Crippen LogP contribution in [0.2, 0.25) is 0 Å². The van der Waals surface area contributed by atoms with E-state index in [0.29, 0.717) is 49.5 Å². The van der Waals surface area contributed by atoms with Gasteiger partial charge in [-0.2, -0.15) is 0 Å². The molecule has 0 aliphatic carbocycles. The number of hydrogen-bond donors (Lipinski definition) is 1. The van der Waals surface area contributed by atoms with Gasteiger partial charge >= 0.3 is 0 Å². The van der Waals surface area contributed by atoms with E-state index in [-0.39, 0.29) is 24.2 Å². The number of Topliss-reactive ketones (excluding diaryl/α,β-unsaturated/α-hetero) is 1. The van der Waals surface area contributed by atoms with E-state index in [1.54, 1.807) is 12.1 Å². The van der Waals surface area contributed by atoms with Gasteiger partial charge < -0.3 is 10.1 Å². The van der Waals surface area contributed by atoms with E-state index in [1.807, 2.05) is 36.1 Å². The molecule has 0 saturated carbocycles. The molecule has 0 aromatic heterocycles. The maximum absolute atomic E-state index is 13.3. The standard InChI is InChI=1S/C22H25FN2O3/c1-2-28-20-9-4-3-8-19(20)24-21(26)15-25-12-10-16(11-13-25)22(27)17-6-5-7-18(23)14-17/h3-9,14,16H,2,10-13,15H2,1H3,(H,24,26). The zero-order valence-corrected chi connectivity index (χ0v) is 16.0. The highest BCUT2D eigenvalue weighted by atomic mass is 19.1. The Labute approximate surface area is 164 Å². The predicted molar refractivity (Wildman–Crippen MR) is 106 cm³/mol. The number of nitrogens with zero attached hydrogens (tertiary/aromatic N) is 1. The highest BCUT2D eigenvalue weighted by Crippen LogP contribution is 2.25. The van der Waals surface area contributed by atoms with E-state index in [4.69, 9.17) is 4.74 Å². The number of ketones is 1. The Balaban J connectivity index is 1.50. The van der Waals surface area contributed by atoms with Crippen molar-refractivity contribution >= 4 is 17.4 Å². The number of rotatable bonds is 7. The molecule has 0 bridgehead atoms. The third kappa shape index (κ3) is 5.16. The number of ether oxygens (including phenoxy) is 1. The molecular weight excluding hydrogens is 359 g/mol. The van der Waals surface area contributed by atoms with Crippen molar-refractivity contribution in [2.75, 3.05) is 31.6 Å². The number of amides is 1. The first-order valence-electron chi connectivity index (χ1n) is 9.60. The van der Waals surface area contributed by atoms with Gasteiger partial charge in [-0.15, -0.1) is 0 Å². The van der Waals surface area contributed by atoms with E-state index in [0.717, 1.165) is 0 Å². The monoisotopic (exact) mass is 384 g/mol. The maximum atomic E-state index is 13.3. The smallest absolute Gasteiger partial charge is 0.238 e. The molecule has 148 valence electrons. The summed E-state index contributed by atoms with van der Waals surface area (Å²) in [7, 11) is 0. The normalized spacial score (nSPS) is 15.2. The number of anilines is 1. The summed E-state index contributed by atoms with van der Waals surface area (Å²) in [5.41, 5.74) is 1.08. The summed E-state index contributed by atoms with van der Waals surface area (Å²) >= 11 is 0. The second kappa shape index (κ2) is 9.46. The van der Waals surface area contributed by atoms with E-state index in [1.165, 1.54) is 12.1 Å². The molecule has 1 heterocycles. The molecule has 2 aromatic rings. The Bertz CT molecular complexity index is 832. The molecule has 1 saturated heterocycles. The number of carbonyl (C=O) groups is 2. The molecule has 1 aliphatic rings. The highest BCUT2D eigenvalue weighted by molar-refractivity contribution is 5.98. The lowest BCUT2D eigenvalue weighted by Gasteiger charge is -2.30. The number of likely N-dealkylation sites (tertiary alicyclic amines) is 1. The van der Waals surface area contributed by atoms with Crippen LogP contribution < -0.4 is 10.1 Å². The Kier molecular flexibility index (Phi) is 6.76. The second-order valence-corrected chi connectivity index (χ2v) is 6.90. The Morgan fingerprint density at radius 1 is 1.14 bits per heavy atom. The van der Waals surface area contributed by atoms with Gasteiger partial charge in [-0.1, -0.05) is 24.3 Å². The van der Waals surface area contributed by atoms with Gasteiger partial charge in [0.1, 0.15) is 11.6 Å². The van der Waals surface area contributed by atoms with Gasteiger partial charge in [0, 0.05) is 11.5 Å². The lowest BCUT2D eigenvalue weighted by atomic mass is 9.89. The maximum Gasteiger partial charge on any atom is 0.238 e. The van der Waals surface area contributed by atoms with Crippen LogP contribution in [0.25, 0.3) is 0 Å². The van der Waals surface area contributed by atoms with Gasteiger partial charge in [-0.05, 0) is 57.1 Å². The van der Waals surface area contributed by atoms with Gasteiger partial charge in [0.25, 0.3) is 0 Å². The first-order valence-corrected chi connectivity index (χ1v) is 9.60. The topological polar surface area (TPSA) is 58.6 Å². The number of halogens is 1. The molecule has 5 nitrogen and oxygen atoms in total. The number of para-hydroxylation sites is 2. The van der Waals surface area contributed by atoms with Crippen LogP contribution in [-0.2, 0) is 4.79 Å². The van der Waals surface area contributed by atoms with Crippen LogP contribution >= 0.6 is 0 Å². The number of hydrogen-bond acceptors (Lipinski definition) is 4. The molecule has 1 aliphatic heterocycles. The van der Waals surface area contributed by atoms with E-state index in [2.05, 4.69) is 5.32 Å². The van der Waals surface area contributed by atoms with Crippen molar-refractivity contribution in [1.82, 2.24) is 4.90 Å². The van der Waals surface area contributed by atoms with Crippen molar-refractivity contribution < 1.29 is 18.7 Å². The molecule has 1 amide bonds. The fourth-order valence-corrected chi connectivity index (χ4v) is 3.47. The third-order valence-electron chi connectivity index (χ3n) is 4.90. The molecular formula is C22H25FN2O3. The fraction of sp³-hybridized carbons (Fsp3) is 0.364. The zero-order chi connectivity index (χ0) is 19.9. The summed E-state index contributed by atoms with van der Waals surface area (Å²) in [6.07, 6.45) is 1.33. The molecule has 6 heteroatoms. The lowest BCUT2D eigenvalue weighted by molar-refractivity contribution is -0.117. The molecule has 0 atom stereocenters. The van der Waals surface area contributed by atoms with E-state index in [9.17, 15) is 14.0 Å². The number of carbonyl (C=O) groups excluding carboxylic acids is 2. The van der Waals surface area contributed by atoms with Gasteiger partial charge in [-0.25, -0.2) is 4.39 Å². The molecule has 0 unspecified atom stereocenters. The molecule has 28 heavy (non-hydrogen) atoms. The largest absolute Gasteiger partial charge is 0.492 e. The molecule has 3 rings (SSSR count).